The first kappa shape index (κ1) is 15.8. The summed E-state index contributed by atoms with van der Waals surface area (Å²) in [5.41, 5.74) is 1.12. The minimum Gasteiger partial charge on any atom is -0.298 e. The Bertz CT molecular complexity index is 841. The molecule has 0 N–H and O–H groups in total. The van der Waals surface area contributed by atoms with Crippen molar-refractivity contribution in [2.24, 2.45) is 0 Å². The van der Waals surface area contributed by atoms with Crippen LogP contribution >= 0.6 is 0 Å². The number of fused-ring (bicyclic) bond motifs is 1. The number of benzene rings is 2. The lowest BCUT2D eigenvalue weighted by Crippen LogP contribution is -2.45. The van der Waals surface area contributed by atoms with Gasteiger partial charge in [0.25, 0.3) is 11.7 Å². The van der Waals surface area contributed by atoms with Crippen LogP contribution in [0.2, 0.25) is 0 Å². The lowest BCUT2D eigenvalue weighted by molar-refractivity contribution is -0.121. The summed E-state index contributed by atoms with van der Waals surface area (Å²) in [6, 6.07) is 14.1. The van der Waals surface area contributed by atoms with Crippen LogP contribution in [0, 0.1) is 0 Å². The third-order valence-electron chi connectivity index (χ3n) is 4.08. The molecule has 0 unspecified atom stereocenters. The third kappa shape index (κ3) is 2.65. The van der Waals surface area contributed by atoms with E-state index in [1.807, 2.05) is 0 Å². The number of nitrogens with zero attached hydrogens (tertiary/aromatic N) is 1. The number of hydrogen-bond acceptors (Lipinski definition) is 4. The van der Waals surface area contributed by atoms with Gasteiger partial charge in [0.2, 0.25) is 0 Å². The van der Waals surface area contributed by atoms with E-state index in [1.165, 1.54) is 6.92 Å². The van der Waals surface area contributed by atoms with Gasteiger partial charge in [-0.25, -0.2) is 0 Å². The van der Waals surface area contributed by atoms with Gasteiger partial charge in [0, 0.05) is 12.0 Å². The van der Waals surface area contributed by atoms with Crippen LogP contribution in [0.25, 0.3) is 0 Å². The summed E-state index contributed by atoms with van der Waals surface area (Å²) in [4.78, 5) is 50.1. The molecule has 0 saturated carbocycles. The van der Waals surface area contributed by atoms with Crippen LogP contribution in [0.3, 0.4) is 0 Å². The molecule has 5 nitrogen and oxygen atoms in total. The van der Waals surface area contributed by atoms with Crippen molar-refractivity contribution in [3.8, 4) is 0 Å². The maximum Gasteiger partial charge on any atom is 0.300 e. The van der Waals surface area contributed by atoms with E-state index in [1.54, 1.807) is 54.6 Å². The van der Waals surface area contributed by atoms with Gasteiger partial charge >= 0.3 is 0 Å². The molecule has 1 atom stereocenters. The Morgan fingerprint density at radius 1 is 0.958 bits per heavy atom. The number of Topliss-reactive ketones (excluding diaryl/α,β-unsaturated/α-hetero) is 3. The number of carbonyl (C=O) groups excluding carboxylic acids is 4. The van der Waals surface area contributed by atoms with E-state index in [0.717, 1.165) is 4.90 Å². The molecule has 1 heterocycles. The van der Waals surface area contributed by atoms with Crippen molar-refractivity contribution in [3.63, 3.8) is 0 Å². The Labute approximate surface area is 138 Å². The largest absolute Gasteiger partial charge is 0.300 e. The molecule has 120 valence electrons. The maximum absolute atomic E-state index is 12.4. The molecule has 24 heavy (non-hydrogen) atoms. The van der Waals surface area contributed by atoms with Crippen LogP contribution in [0.15, 0.2) is 54.6 Å². The first-order chi connectivity index (χ1) is 11.5. The molecule has 0 aliphatic carbocycles. The van der Waals surface area contributed by atoms with E-state index in [9.17, 15) is 19.2 Å². The molecule has 0 spiro atoms. The molecule has 0 bridgehead atoms. The third-order valence-corrected chi connectivity index (χ3v) is 4.08. The summed E-state index contributed by atoms with van der Waals surface area (Å²) in [5.74, 6) is -2.00. The van der Waals surface area contributed by atoms with E-state index >= 15 is 0 Å². The van der Waals surface area contributed by atoms with Gasteiger partial charge in [-0.15, -0.1) is 0 Å². The zero-order valence-corrected chi connectivity index (χ0v) is 13.1. The zero-order valence-electron chi connectivity index (χ0n) is 13.1. The fourth-order valence-corrected chi connectivity index (χ4v) is 2.85. The second-order valence-corrected chi connectivity index (χ2v) is 5.64. The van der Waals surface area contributed by atoms with Gasteiger partial charge in [-0.3, -0.25) is 24.1 Å². The summed E-state index contributed by atoms with van der Waals surface area (Å²) >= 11 is 0. The predicted octanol–water partition coefficient (Wildman–Crippen LogP) is 2.45. The number of carbonyl (C=O) groups is 4. The molecule has 0 saturated heterocycles. The standard InChI is InChI=1S/C19H15NO4/c1-12(21)16(11-17(22)13-7-3-2-4-8-13)20-15-10-6-5-9-14(15)18(23)19(20)24/h2-10,16H,11H2,1H3/t16-/m0/s1. The summed E-state index contributed by atoms with van der Waals surface area (Å²) in [5, 5.41) is 0. The Morgan fingerprint density at radius 3 is 2.25 bits per heavy atom. The Morgan fingerprint density at radius 2 is 1.58 bits per heavy atom. The first-order valence-corrected chi connectivity index (χ1v) is 7.56. The fraction of sp³-hybridized carbons (Fsp3) is 0.158. The average Bonchev–Trinajstić information content (AvgIpc) is 2.85. The molecular weight excluding hydrogens is 306 g/mol. The van der Waals surface area contributed by atoms with Gasteiger partial charge in [-0.2, -0.15) is 0 Å². The SMILES string of the molecule is CC(=O)[C@H](CC(=O)c1ccccc1)N1C(=O)C(=O)c2ccccc21. The molecule has 1 amide bonds. The lowest BCUT2D eigenvalue weighted by atomic mass is 10.00. The Kier molecular flexibility index (Phi) is 4.08. The van der Waals surface area contributed by atoms with Crippen LogP contribution in [-0.2, 0) is 9.59 Å². The van der Waals surface area contributed by atoms with Crippen molar-refractivity contribution in [2.75, 3.05) is 4.90 Å². The maximum atomic E-state index is 12.4. The van der Waals surface area contributed by atoms with E-state index < -0.39 is 17.7 Å². The molecular formula is C19H15NO4. The van der Waals surface area contributed by atoms with Crippen LogP contribution < -0.4 is 4.90 Å². The number of amides is 1. The van der Waals surface area contributed by atoms with Crippen LogP contribution in [0.1, 0.15) is 34.1 Å². The second kappa shape index (κ2) is 6.20. The van der Waals surface area contributed by atoms with Crippen molar-refractivity contribution in [2.45, 2.75) is 19.4 Å². The van der Waals surface area contributed by atoms with Crippen molar-refractivity contribution < 1.29 is 19.2 Å². The average molecular weight is 321 g/mol. The number of ketones is 3. The van der Waals surface area contributed by atoms with E-state index in [4.69, 9.17) is 0 Å². The number of anilines is 1. The topological polar surface area (TPSA) is 71.5 Å². The predicted molar refractivity (Wildman–Crippen MR) is 88.1 cm³/mol. The molecule has 0 aromatic heterocycles. The van der Waals surface area contributed by atoms with Gasteiger partial charge in [-0.05, 0) is 19.1 Å². The van der Waals surface area contributed by atoms with Crippen molar-refractivity contribution in [1.29, 1.82) is 0 Å². The molecule has 0 radical (unpaired) electrons. The van der Waals surface area contributed by atoms with E-state index in [2.05, 4.69) is 0 Å². The first-order valence-electron chi connectivity index (χ1n) is 7.56. The molecule has 1 aliphatic rings. The van der Waals surface area contributed by atoms with Gasteiger partial charge < -0.3 is 0 Å². The number of rotatable bonds is 5. The number of hydrogen-bond donors (Lipinski definition) is 0. The fourth-order valence-electron chi connectivity index (χ4n) is 2.85. The quantitative estimate of drug-likeness (QED) is 0.626. The smallest absolute Gasteiger partial charge is 0.298 e. The Balaban J connectivity index is 1.95. The monoisotopic (exact) mass is 321 g/mol. The highest BCUT2D eigenvalue weighted by molar-refractivity contribution is 6.52. The van der Waals surface area contributed by atoms with Gasteiger partial charge in [0.05, 0.1) is 11.3 Å². The summed E-state index contributed by atoms with van der Waals surface area (Å²) < 4.78 is 0. The van der Waals surface area contributed by atoms with Gasteiger partial charge in [0.15, 0.2) is 11.6 Å². The normalized spacial score (nSPS) is 14.5. The van der Waals surface area contributed by atoms with Crippen LogP contribution in [0.4, 0.5) is 5.69 Å². The highest BCUT2D eigenvalue weighted by Gasteiger charge is 2.41. The number of para-hydroxylation sites is 1. The summed E-state index contributed by atoms with van der Waals surface area (Å²) in [7, 11) is 0. The van der Waals surface area contributed by atoms with Gasteiger partial charge in [-0.1, -0.05) is 42.5 Å². The lowest BCUT2D eigenvalue weighted by Gasteiger charge is -2.25. The summed E-state index contributed by atoms with van der Waals surface area (Å²) in [6.07, 6.45) is -0.160. The summed E-state index contributed by atoms with van der Waals surface area (Å²) in [6.45, 7) is 1.32. The van der Waals surface area contributed by atoms with E-state index in [0.29, 0.717) is 11.3 Å². The Hall–Kier alpha value is -3.08. The van der Waals surface area contributed by atoms with Crippen LogP contribution in [0.5, 0.6) is 0 Å². The minimum atomic E-state index is -0.988. The zero-order chi connectivity index (χ0) is 17.3. The molecule has 2 aromatic carbocycles. The molecule has 1 aliphatic heterocycles. The van der Waals surface area contributed by atoms with Crippen molar-refractivity contribution in [1.82, 2.24) is 0 Å². The molecule has 2 aromatic rings. The van der Waals surface area contributed by atoms with Crippen LogP contribution in [-0.4, -0.2) is 29.3 Å². The van der Waals surface area contributed by atoms with Crippen molar-refractivity contribution in [3.05, 3.63) is 65.7 Å². The van der Waals surface area contributed by atoms with Gasteiger partial charge in [0.1, 0.15) is 6.04 Å². The minimum absolute atomic E-state index is 0.160. The highest BCUT2D eigenvalue weighted by atomic mass is 16.2. The van der Waals surface area contributed by atoms with E-state index in [-0.39, 0.29) is 23.6 Å². The molecule has 0 fully saturated rings. The molecule has 5 heteroatoms. The highest BCUT2D eigenvalue weighted by Crippen LogP contribution is 2.31. The second-order valence-electron chi connectivity index (χ2n) is 5.64. The van der Waals surface area contributed by atoms with Crippen molar-refractivity contribution >= 4 is 28.9 Å². The molecule has 3 rings (SSSR count).